The van der Waals surface area contributed by atoms with Gasteiger partial charge in [-0.1, -0.05) is 174 Å². The van der Waals surface area contributed by atoms with Gasteiger partial charge < -0.3 is 14.7 Å². The highest BCUT2D eigenvalue weighted by molar-refractivity contribution is 7.26. The van der Waals surface area contributed by atoms with E-state index in [0.29, 0.717) is 0 Å². The summed E-state index contributed by atoms with van der Waals surface area (Å²) in [6.45, 7) is 34.3. The summed E-state index contributed by atoms with van der Waals surface area (Å²) in [6, 6.07) is 45.1. The maximum absolute atomic E-state index is 2.83. The molecular formula is C67H74BN3S. The molecule has 0 saturated carbocycles. The van der Waals surface area contributed by atoms with Crippen LogP contribution in [0.3, 0.4) is 0 Å². The number of anilines is 8. The highest BCUT2D eigenvalue weighted by Gasteiger charge is 2.51. The number of hydrogen-bond acceptors (Lipinski definition) is 4. The van der Waals surface area contributed by atoms with Crippen LogP contribution in [0.4, 0.5) is 44.8 Å². The third-order valence-corrected chi connectivity index (χ3v) is 19.3. The summed E-state index contributed by atoms with van der Waals surface area (Å²) in [5.74, 6) is 0.259. The average molecular weight is 964 g/mol. The number of rotatable bonds is 5. The van der Waals surface area contributed by atoms with Gasteiger partial charge in [0.1, 0.15) is 0 Å². The SMILES string of the molecule is Cc1ccc2sc3c(c2c1)B1c2ccc4c(c2N(c2cc5c(cc2C)C(C)(C)CCC5(C)C)c2cc(N(c5ccccc5)c5ccccc5)cc(c21)N3C1C=CC(C(C)(C)C)=CC1C)C(C)(C)CCC4(C)C. The highest BCUT2D eigenvalue weighted by Crippen LogP contribution is 2.57. The first kappa shape index (κ1) is 47.2. The number of benzene rings is 6. The second-order valence-electron chi connectivity index (χ2n) is 26.1. The molecule has 7 aromatic rings. The fourth-order valence-corrected chi connectivity index (χ4v) is 15.0. The standard InChI is InChI=1S/C67H74BN3S/c1-41-25-30-57-48(35-41)59-62(72-57)71(53-29-26-44(36-42(53)2)63(4,5)6)56-39-47(69(45-21-17-15-18-22-45)46-23-19-16-20-24-46)38-55-60(56)68(59)52-28-27-49-58(67(13,14)34-33-64(49,7)8)61(52)70(55)54-40-51-50(37-43(54)3)65(9,10)31-32-66(51,11)12/h15-30,35-40,42,53H,31-34H2,1-14H3. The molecule has 3 nitrogen and oxygen atoms in total. The summed E-state index contributed by atoms with van der Waals surface area (Å²) in [6.07, 6.45) is 12.2. The Labute approximate surface area is 435 Å². The number of allylic oxidation sites excluding steroid dienone is 2. The molecule has 2 aliphatic heterocycles. The Morgan fingerprint density at radius 2 is 1.21 bits per heavy atom. The summed E-state index contributed by atoms with van der Waals surface area (Å²) in [7, 11) is 0. The lowest BCUT2D eigenvalue weighted by atomic mass is 9.33. The van der Waals surface area contributed by atoms with Crippen LogP contribution >= 0.6 is 11.3 Å². The molecule has 3 heterocycles. The Morgan fingerprint density at radius 1 is 0.611 bits per heavy atom. The number of aryl methyl sites for hydroxylation is 2. The second-order valence-corrected chi connectivity index (χ2v) is 27.1. The van der Waals surface area contributed by atoms with Crippen molar-refractivity contribution in [2.24, 2.45) is 11.3 Å². The summed E-state index contributed by atoms with van der Waals surface area (Å²) in [4.78, 5) is 8.15. The van der Waals surface area contributed by atoms with Gasteiger partial charge in [-0.15, -0.1) is 11.3 Å². The van der Waals surface area contributed by atoms with Crippen LogP contribution in [0.25, 0.3) is 10.1 Å². The summed E-state index contributed by atoms with van der Waals surface area (Å²) in [5.41, 5.74) is 23.3. The summed E-state index contributed by atoms with van der Waals surface area (Å²) >= 11 is 2.00. The van der Waals surface area contributed by atoms with E-state index in [1.54, 1.807) is 0 Å². The van der Waals surface area contributed by atoms with Crippen molar-refractivity contribution in [3.63, 3.8) is 0 Å². The number of hydrogen-bond donors (Lipinski definition) is 0. The van der Waals surface area contributed by atoms with Crippen LogP contribution in [-0.4, -0.2) is 12.8 Å². The predicted octanol–water partition coefficient (Wildman–Crippen LogP) is 17.0. The zero-order valence-corrected chi connectivity index (χ0v) is 46.3. The minimum Gasteiger partial charge on any atom is -0.326 e. The van der Waals surface area contributed by atoms with Crippen LogP contribution in [0.2, 0.25) is 0 Å². The molecule has 6 aromatic carbocycles. The molecule has 5 heteroatoms. The van der Waals surface area contributed by atoms with Gasteiger partial charge in [0, 0.05) is 38.8 Å². The third kappa shape index (κ3) is 7.17. The Balaban J connectivity index is 1.27. The van der Waals surface area contributed by atoms with Gasteiger partial charge in [0.25, 0.3) is 6.71 Å². The molecule has 2 atom stereocenters. The van der Waals surface area contributed by atoms with Crippen LogP contribution in [0, 0.1) is 25.2 Å². The van der Waals surface area contributed by atoms with E-state index in [1.807, 2.05) is 11.3 Å². The van der Waals surface area contributed by atoms with Gasteiger partial charge in [-0.05, 0) is 176 Å². The topological polar surface area (TPSA) is 9.72 Å². The first-order valence-electron chi connectivity index (χ1n) is 27.0. The number of thiophene rings is 1. The van der Waals surface area contributed by atoms with Crippen molar-refractivity contribution in [3.05, 3.63) is 172 Å². The van der Waals surface area contributed by atoms with Gasteiger partial charge in [0.15, 0.2) is 0 Å². The van der Waals surface area contributed by atoms with E-state index in [4.69, 9.17) is 0 Å². The quantitative estimate of drug-likeness (QED) is 0.159. The lowest BCUT2D eigenvalue weighted by Crippen LogP contribution is -2.63. The molecule has 3 aliphatic carbocycles. The number of para-hydroxylation sites is 2. The molecule has 0 amide bonds. The zero-order valence-electron chi connectivity index (χ0n) is 45.5. The summed E-state index contributed by atoms with van der Waals surface area (Å²) < 4.78 is 1.36. The molecular weight excluding hydrogens is 890 g/mol. The van der Waals surface area contributed by atoms with Gasteiger partial charge in [-0.2, -0.15) is 0 Å². The Kier molecular flexibility index (Phi) is 10.6. The molecule has 0 fully saturated rings. The molecule has 2 unspecified atom stereocenters. The molecule has 0 bridgehead atoms. The molecule has 0 radical (unpaired) electrons. The van der Waals surface area contributed by atoms with E-state index in [-0.39, 0.29) is 45.7 Å². The van der Waals surface area contributed by atoms with Gasteiger partial charge in [0.2, 0.25) is 0 Å². The molecule has 72 heavy (non-hydrogen) atoms. The van der Waals surface area contributed by atoms with Gasteiger partial charge in [-0.25, -0.2) is 0 Å². The molecule has 12 rings (SSSR count). The van der Waals surface area contributed by atoms with Crippen molar-refractivity contribution in [1.29, 1.82) is 0 Å². The van der Waals surface area contributed by atoms with Crippen molar-refractivity contribution in [2.45, 2.75) is 150 Å². The Hall–Kier alpha value is -5.78. The molecule has 0 N–H and O–H groups in total. The van der Waals surface area contributed by atoms with E-state index >= 15 is 0 Å². The van der Waals surface area contributed by atoms with Crippen LogP contribution in [-0.2, 0) is 21.7 Å². The maximum atomic E-state index is 2.83. The lowest BCUT2D eigenvalue weighted by molar-refractivity contribution is 0.331. The van der Waals surface area contributed by atoms with E-state index in [1.165, 1.54) is 112 Å². The third-order valence-electron chi connectivity index (χ3n) is 18.1. The van der Waals surface area contributed by atoms with E-state index in [2.05, 4.69) is 245 Å². The van der Waals surface area contributed by atoms with Crippen molar-refractivity contribution < 1.29 is 0 Å². The number of fused-ring (bicyclic) bond motifs is 9. The molecule has 366 valence electrons. The molecule has 0 spiro atoms. The maximum Gasteiger partial charge on any atom is 0.254 e. The lowest BCUT2D eigenvalue weighted by Gasteiger charge is -2.51. The first-order valence-corrected chi connectivity index (χ1v) is 27.8. The zero-order chi connectivity index (χ0) is 50.6. The Morgan fingerprint density at radius 3 is 1.83 bits per heavy atom. The van der Waals surface area contributed by atoms with Crippen molar-refractivity contribution in [2.75, 3.05) is 14.7 Å². The van der Waals surface area contributed by atoms with E-state index in [0.717, 1.165) is 24.2 Å². The van der Waals surface area contributed by atoms with Crippen LogP contribution in [0.5, 0.6) is 0 Å². The van der Waals surface area contributed by atoms with Crippen LogP contribution in [0.1, 0.15) is 142 Å². The van der Waals surface area contributed by atoms with Gasteiger partial charge in [0.05, 0.1) is 16.7 Å². The minimum absolute atomic E-state index is 0.0157. The van der Waals surface area contributed by atoms with Gasteiger partial charge in [-0.3, -0.25) is 0 Å². The summed E-state index contributed by atoms with van der Waals surface area (Å²) in [5, 5.41) is 2.77. The average Bonchev–Trinajstić information content (AvgIpc) is 3.70. The smallest absolute Gasteiger partial charge is 0.254 e. The number of nitrogens with zero attached hydrogens (tertiary/aromatic N) is 3. The fraction of sp³-hybridized carbons (Fsp3) is 0.373. The minimum atomic E-state index is -0.0634. The van der Waals surface area contributed by atoms with Crippen molar-refractivity contribution in [1.82, 2.24) is 0 Å². The fourth-order valence-electron chi connectivity index (χ4n) is 13.7. The van der Waals surface area contributed by atoms with E-state index < -0.39 is 0 Å². The van der Waals surface area contributed by atoms with Crippen LogP contribution in [0.15, 0.2) is 139 Å². The normalized spacial score (nSPS) is 20.8. The van der Waals surface area contributed by atoms with Crippen LogP contribution < -0.4 is 31.1 Å². The molecule has 1 aromatic heterocycles. The first-order chi connectivity index (χ1) is 34.1. The second kappa shape index (κ2) is 16.1. The molecule has 0 saturated heterocycles. The Bertz CT molecular complexity index is 3370. The molecule has 5 aliphatic rings. The largest absolute Gasteiger partial charge is 0.326 e. The predicted molar refractivity (Wildman–Crippen MR) is 314 cm³/mol. The van der Waals surface area contributed by atoms with Crippen molar-refractivity contribution >= 4 is 89.3 Å². The van der Waals surface area contributed by atoms with E-state index in [9.17, 15) is 0 Å². The van der Waals surface area contributed by atoms with Crippen molar-refractivity contribution in [3.8, 4) is 0 Å². The van der Waals surface area contributed by atoms with Gasteiger partial charge >= 0.3 is 0 Å². The highest BCUT2D eigenvalue weighted by atomic mass is 32.1. The monoisotopic (exact) mass is 964 g/mol.